The number of urea groups is 1. The minimum Gasteiger partial charge on any atom is -0.475 e. The molecule has 0 aliphatic heterocycles. The molecule has 2 atom stereocenters. The minimum absolute atomic E-state index is 0.122. The SMILES string of the molecule is CC1CCCCC1CNC(=O)NCc1ccc(C(=O)O)o1. The van der Waals surface area contributed by atoms with Crippen molar-refractivity contribution in [2.75, 3.05) is 6.54 Å². The Morgan fingerprint density at radius 3 is 2.71 bits per heavy atom. The number of hydrogen-bond acceptors (Lipinski definition) is 3. The third-order valence-corrected chi connectivity index (χ3v) is 4.11. The smallest absolute Gasteiger partial charge is 0.371 e. The van der Waals surface area contributed by atoms with Gasteiger partial charge in [-0.25, -0.2) is 9.59 Å². The van der Waals surface area contributed by atoms with Crippen LogP contribution in [0.3, 0.4) is 0 Å². The van der Waals surface area contributed by atoms with E-state index in [0.717, 1.165) is 0 Å². The summed E-state index contributed by atoms with van der Waals surface area (Å²) in [6.07, 6.45) is 4.93. The normalized spacial score (nSPS) is 21.8. The number of hydrogen-bond donors (Lipinski definition) is 3. The number of carbonyl (C=O) groups is 2. The highest BCUT2D eigenvalue weighted by Gasteiger charge is 2.21. The Morgan fingerprint density at radius 1 is 1.29 bits per heavy atom. The highest BCUT2D eigenvalue weighted by atomic mass is 16.4. The van der Waals surface area contributed by atoms with Crippen LogP contribution in [0.15, 0.2) is 16.5 Å². The van der Waals surface area contributed by atoms with Gasteiger partial charge in [-0.1, -0.05) is 26.2 Å². The summed E-state index contributed by atoms with van der Waals surface area (Å²) in [5.74, 6) is 0.391. The number of rotatable bonds is 5. The van der Waals surface area contributed by atoms with Gasteiger partial charge < -0.3 is 20.2 Å². The molecule has 0 bridgehead atoms. The Morgan fingerprint density at radius 2 is 2.05 bits per heavy atom. The topological polar surface area (TPSA) is 91.6 Å². The van der Waals surface area contributed by atoms with Crippen LogP contribution in [0.5, 0.6) is 0 Å². The molecule has 3 N–H and O–H groups in total. The summed E-state index contributed by atoms with van der Waals surface area (Å²) in [7, 11) is 0. The Bertz CT molecular complexity index is 498. The van der Waals surface area contributed by atoms with E-state index in [9.17, 15) is 9.59 Å². The largest absolute Gasteiger partial charge is 0.475 e. The lowest BCUT2D eigenvalue weighted by atomic mass is 9.80. The summed E-state index contributed by atoms with van der Waals surface area (Å²) in [6, 6.07) is 2.68. The molecule has 21 heavy (non-hydrogen) atoms. The monoisotopic (exact) mass is 294 g/mol. The van der Waals surface area contributed by atoms with Gasteiger partial charge in [-0.15, -0.1) is 0 Å². The highest BCUT2D eigenvalue weighted by molar-refractivity contribution is 5.84. The van der Waals surface area contributed by atoms with Gasteiger partial charge in [0, 0.05) is 6.54 Å². The molecule has 1 aliphatic rings. The lowest BCUT2D eigenvalue weighted by Crippen LogP contribution is -2.39. The van der Waals surface area contributed by atoms with E-state index in [4.69, 9.17) is 9.52 Å². The molecule has 1 aromatic heterocycles. The first kappa shape index (κ1) is 15.4. The van der Waals surface area contributed by atoms with E-state index in [0.29, 0.717) is 24.1 Å². The minimum atomic E-state index is -1.11. The third kappa shape index (κ3) is 4.51. The molecule has 1 fully saturated rings. The second-order valence-corrected chi connectivity index (χ2v) is 5.66. The molecule has 2 rings (SSSR count). The lowest BCUT2D eigenvalue weighted by molar-refractivity contribution is 0.0660. The van der Waals surface area contributed by atoms with Gasteiger partial charge in [0.25, 0.3) is 0 Å². The van der Waals surface area contributed by atoms with Crippen molar-refractivity contribution in [2.45, 2.75) is 39.2 Å². The van der Waals surface area contributed by atoms with Crippen molar-refractivity contribution < 1.29 is 19.1 Å². The van der Waals surface area contributed by atoms with Crippen LogP contribution in [0.1, 0.15) is 48.9 Å². The molecule has 0 spiro atoms. The Labute approximate surface area is 123 Å². The Hall–Kier alpha value is -1.98. The highest BCUT2D eigenvalue weighted by Crippen LogP contribution is 2.28. The lowest BCUT2D eigenvalue weighted by Gasteiger charge is -2.28. The van der Waals surface area contributed by atoms with Crippen molar-refractivity contribution in [2.24, 2.45) is 11.8 Å². The van der Waals surface area contributed by atoms with Crippen molar-refractivity contribution in [1.29, 1.82) is 0 Å². The number of carboxylic acids is 1. The van der Waals surface area contributed by atoms with Crippen LogP contribution in [-0.4, -0.2) is 23.7 Å². The fourth-order valence-electron chi connectivity index (χ4n) is 2.74. The molecule has 1 heterocycles. The molecule has 6 heteroatoms. The molecular weight excluding hydrogens is 272 g/mol. The summed E-state index contributed by atoms with van der Waals surface area (Å²) in [4.78, 5) is 22.4. The standard InChI is InChI=1S/C15H22N2O4/c1-10-4-2-3-5-11(10)8-16-15(20)17-9-12-6-7-13(21-12)14(18)19/h6-7,10-11H,2-5,8-9H2,1H3,(H,18,19)(H2,16,17,20). The second-order valence-electron chi connectivity index (χ2n) is 5.66. The van der Waals surface area contributed by atoms with Crippen molar-refractivity contribution in [3.05, 3.63) is 23.7 Å². The molecule has 6 nitrogen and oxygen atoms in total. The zero-order valence-corrected chi connectivity index (χ0v) is 12.2. The zero-order valence-electron chi connectivity index (χ0n) is 12.2. The van der Waals surface area contributed by atoms with E-state index in [2.05, 4.69) is 17.6 Å². The Kier molecular flexibility index (Phi) is 5.25. The van der Waals surface area contributed by atoms with Crippen molar-refractivity contribution in [1.82, 2.24) is 10.6 Å². The van der Waals surface area contributed by atoms with Gasteiger partial charge in [0.15, 0.2) is 0 Å². The predicted molar refractivity (Wildman–Crippen MR) is 77.0 cm³/mol. The second kappa shape index (κ2) is 7.15. The van der Waals surface area contributed by atoms with Gasteiger partial charge in [0.2, 0.25) is 5.76 Å². The first-order valence-corrected chi connectivity index (χ1v) is 7.40. The number of aromatic carboxylic acids is 1. The molecule has 2 unspecified atom stereocenters. The summed E-state index contributed by atoms with van der Waals surface area (Å²) < 4.78 is 5.06. The predicted octanol–water partition coefficient (Wildman–Crippen LogP) is 2.60. The van der Waals surface area contributed by atoms with Gasteiger partial charge in [0.05, 0.1) is 6.54 Å². The molecule has 0 saturated heterocycles. The average Bonchev–Trinajstić information content (AvgIpc) is 2.93. The molecule has 1 aromatic rings. The molecule has 116 valence electrons. The van der Waals surface area contributed by atoms with E-state index in [1.807, 2.05) is 0 Å². The zero-order chi connectivity index (χ0) is 15.2. The third-order valence-electron chi connectivity index (χ3n) is 4.11. The fraction of sp³-hybridized carbons (Fsp3) is 0.600. The maximum atomic E-state index is 11.7. The first-order chi connectivity index (χ1) is 10.1. The number of nitrogens with one attached hydrogen (secondary N) is 2. The summed E-state index contributed by atoms with van der Waals surface area (Å²) in [5.41, 5.74) is 0. The van der Waals surface area contributed by atoms with Crippen LogP contribution in [0.4, 0.5) is 4.79 Å². The fourth-order valence-corrected chi connectivity index (χ4v) is 2.74. The molecule has 1 aliphatic carbocycles. The summed E-state index contributed by atoms with van der Waals surface area (Å²) >= 11 is 0. The molecule has 2 amide bonds. The van der Waals surface area contributed by atoms with Crippen LogP contribution < -0.4 is 10.6 Å². The average molecular weight is 294 g/mol. The number of carboxylic acid groups (broad SMARTS) is 1. The maximum absolute atomic E-state index is 11.7. The first-order valence-electron chi connectivity index (χ1n) is 7.40. The molecular formula is C15H22N2O4. The van der Waals surface area contributed by atoms with E-state index in [1.165, 1.54) is 31.7 Å². The van der Waals surface area contributed by atoms with E-state index in [-0.39, 0.29) is 18.3 Å². The quantitative estimate of drug-likeness (QED) is 0.778. The van der Waals surface area contributed by atoms with Gasteiger partial charge in [-0.3, -0.25) is 0 Å². The van der Waals surface area contributed by atoms with Gasteiger partial charge >= 0.3 is 12.0 Å². The van der Waals surface area contributed by atoms with Crippen molar-refractivity contribution in [3.63, 3.8) is 0 Å². The van der Waals surface area contributed by atoms with Crippen molar-refractivity contribution >= 4 is 12.0 Å². The number of furan rings is 1. The van der Waals surface area contributed by atoms with Gasteiger partial charge in [-0.2, -0.15) is 0 Å². The summed E-state index contributed by atoms with van der Waals surface area (Å²) in [6.45, 7) is 3.10. The molecule has 1 saturated carbocycles. The van der Waals surface area contributed by atoms with Crippen molar-refractivity contribution in [3.8, 4) is 0 Å². The summed E-state index contributed by atoms with van der Waals surface area (Å²) in [5, 5.41) is 14.3. The van der Waals surface area contributed by atoms with Crippen LogP contribution in [0, 0.1) is 11.8 Å². The van der Waals surface area contributed by atoms with Gasteiger partial charge in [-0.05, 0) is 30.4 Å². The number of amides is 2. The van der Waals surface area contributed by atoms with Crippen LogP contribution in [0.25, 0.3) is 0 Å². The maximum Gasteiger partial charge on any atom is 0.371 e. The Balaban J connectivity index is 1.70. The van der Waals surface area contributed by atoms with E-state index >= 15 is 0 Å². The van der Waals surface area contributed by atoms with Gasteiger partial charge in [0.1, 0.15) is 5.76 Å². The van der Waals surface area contributed by atoms with Crippen LogP contribution in [-0.2, 0) is 6.54 Å². The van der Waals surface area contributed by atoms with E-state index < -0.39 is 5.97 Å². The van der Waals surface area contributed by atoms with E-state index in [1.54, 1.807) is 6.07 Å². The number of carbonyl (C=O) groups excluding carboxylic acids is 1. The molecule has 0 radical (unpaired) electrons. The van der Waals surface area contributed by atoms with Crippen LogP contribution >= 0.6 is 0 Å². The van der Waals surface area contributed by atoms with Crippen LogP contribution in [0.2, 0.25) is 0 Å². The molecule has 0 aromatic carbocycles.